The first kappa shape index (κ1) is 12.0. The Labute approximate surface area is 118 Å². The van der Waals surface area contributed by atoms with E-state index in [0.29, 0.717) is 12.4 Å². The van der Waals surface area contributed by atoms with Gasteiger partial charge >= 0.3 is 0 Å². The van der Waals surface area contributed by atoms with E-state index in [1.54, 1.807) is 18.2 Å². The molecule has 0 atom stereocenters. The Bertz CT molecular complexity index is 724. The summed E-state index contributed by atoms with van der Waals surface area (Å²) in [7, 11) is 0. The number of pyridine rings is 1. The quantitative estimate of drug-likeness (QED) is 0.805. The molecule has 0 spiro atoms. The largest absolute Gasteiger partial charge is 0.504 e. The smallest absolute Gasteiger partial charge is 0.161 e. The number of ether oxygens (including phenoxy) is 1. The zero-order valence-corrected chi connectivity index (χ0v) is 11.5. The maximum Gasteiger partial charge on any atom is 0.161 e. The summed E-state index contributed by atoms with van der Waals surface area (Å²) in [5.74, 6) is 0.589. The Balaban J connectivity index is 1.83. The highest BCUT2D eigenvalue weighted by molar-refractivity contribution is 9.10. The molecule has 0 saturated carbocycles. The number of hydrogen-bond acceptors (Lipinski definition) is 3. The summed E-state index contributed by atoms with van der Waals surface area (Å²) in [6, 6.07) is 10.8. The molecule has 0 aliphatic heterocycles. The molecule has 5 heteroatoms. The molecule has 3 rings (SSSR count). The number of rotatable bonds is 3. The molecule has 96 valence electrons. The van der Waals surface area contributed by atoms with Crippen molar-refractivity contribution < 1.29 is 9.84 Å². The molecule has 0 aliphatic rings. The third kappa shape index (κ3) is 2.42. The third-order valence-electron chi connectivity index (χ3n) is 2.73. The average molecular weight is 319 g/mol. The van der Waals surface area contributed by atoms with Gasteiger partial charge in [-0.15, -0.1) is 0 Å². The van der Waals surface area contributed by atoms with Crippen molar-refractivity contribution in [3.8, 4) is 11.5 Å². The lowest BCUT2D eigenvalue weighted by Crippen LogP contribution is -1.95. The monoisotopic (exact) mass is 318 g/mol. The molecule has 0 bridgehead atoms. The van der Waals surface area contributed by atoms with Crippen LogP contribution in [-0.4, -0.2) is 14.5 Å². The maximum absolute atomic E-state index is 9.61. The van der Waals surface area contributed by atoms with Crippen LogP contribution >= 0.6 is 15.9 Å². The van der Waals surface area contributed by atoms with Crippen molar-refractivity contribution in [2.24, 2.45) is 0 Å². The van der Waals surface area contributed by atoms with Crippen molar-refractivity contribution in [2.75, 3.05) is 0 Å². The molecule has 19 heavy (non-hydrogen) atoms. The number of fused-ring (bicyclic) bond motifs is 1. The van der Waals surface area contributed by atoms with E-state index in [9.17, 15) is 5.11 Å². The van der Waals surface area contributed by atoms with Gasteiger partial charge in [0.05, 0.1) is 10.2 Å². The summed E-state index contributed by atoms with van der Waals surface area (Å²) < 4.78 is 8.41. The topological polar surface area (TPSA) is 46.8 Å². The van der Waals surface area contributed by atoms with Gasteiger partial charge in [0.2, 0.25) is 0 Å². The third-order valence-corrected chi connectivity index (χ3v) is 3.34. The molecule has 0 aliphatic carbocycles. The Morgan fingerprint density at radius 1 is 1.21 bits per heavy atom. The minimum absolute atomic E-state index is 0.132. The van der Waals surface area contributed by atoms with Crippen LogP contribution in [0.3, 0.4) is 0 Å². The summed E-state index contributed by atoms with van der Waals surface area (Å²) >= 11 is 3.45. The van der Waals surface area contributed by atoms with Gasteiger partial charge in [-0.05, 0) is 40.2 Å². The van der Waals surface area contributed by atoms with E-state index in [4.69, 9.17) is 4.74 Å². The number of halogens is 1. The van der Waals surface area contributed by atoms with E-state index in [2.05, 4.69) is 20.9 Å². The Morgan fingerprint density at radius 3 is 2.84 bits per heavy atom. The summed E-state index contributed by atoms with van der Waals surface area (Å²) in [6.07, 6.45) is 3.83. The number of phenols is 1. The molecule has 0 unspecified atom stereocenters. The number of aromatic hydroxyl groups is 1. The molecular formula is C14H11BrN2O2. The number of benzene rings is 1. The van der Waals surface area contributed by atoms with Crippen LogP contribution in [-0.2, 0) is 6.61 Å². The lowest BCUT2D eigenvalue weighted by Gasteiger charge is -2.05. The average Bonchev–Trinajstić information content (AvgIpc) is 2.82. The summed E-state index contributed by atoms with van der Waals surface area (Å²) in [4.78, 5) is 4.47. The Morgan fingerprint density at radius 2 is 2.05 bits per heavy atom. The highest BCUT2D eigenvalue weighted by Crippen LogP contribution is 2.25. The van der Waals surface area contributed by atoms with Crippen LogP contribution in [0, 0.1) is 0 Å². The van der Waals surface area contributed by atoms with Gasteiger partial charge in [0, 0.05) is 12.4 Å². The zero-order valence-electron chi connectivity index (χ0n) is 9.95. The predicted octanol–water partition coefficient (Wildman–Crippen LogP) is 3.38. The molecule has 0 radical (unpaired) electrons. The normalized spacial score (nSPS) is 10.8. The fourth-order valence-electron chi connectivity index (χ4n) is 1.83. The fourth-order valence-corrected chi connectivity index (χ4v) is 2.28. The maximum atomic E-state index is 9.61. The van der Waals surface area contributed by atoms with E-state index < -0.39 is 0 Å². The Hall–Kier alpha value is -2.01. The summed E-state index contributed by atoms with van der Waals surface area (Å²) in [6.45, 7) is 0.311. The van der Waals surface area contributed by atoms with E-state index in [-0.39, 0.29) is 5.75 Å². The van der Waals surface area contributed by atoms with E-state index in [0.717, 1.165) is 15.8 Å². The van der Waals surface area contributed by atoms with Gasteiger partial charge in [-0.1, -0.05) is 12.1 Å². The van der Waals surface area contributed by atoms with Crippen LogP contribution in [0.4, 0.5) is 0 Å². The first-order valence-electron chi connectivity index (χ1n) is 5.77. The lowest BCUT2D eigenvalue weighted by molar-refractivity contribution is 0.285. The first-order valence-corrected chi connectivity index (χ1v) is 6.56. The number of hydrogen-bond donors (Lipinski definition) is 1. The molecule has 0 saturated heterocycles. The van der Waals surface area contributed by atoms with Crippen molar-refractivity contribution in [2.45, 2.75) is 6.61 Å². The molecule has 1 N–H and O–H groups in total. The van der Waals surface area contributed by atoms with E-state index >= 15 is 0 Å². The van der Waals surface area contributed by atoms with Gasteiger partial charge in [-0.3, -0.25) is 0 Å². The van der Waals surface area contributed by atoms with Gasteiger partial charge in [0.25, 0.3) is 0 Å². The predicted molar refractivity (Wildman–Crippen MR) is 75.3 cm³/mol. The molecule has 1 aromatic carbocycles. The number of para-hydroxylation sites is 2. The molecule has 4 nitrogen and oxygen atoms in total. The van der Waals surface area contributed by atoms with Crippen LogP contribution < -0.4 is 4.74 Å². The van der Waals surface area contributed by atoms with Gasteiger partial charge in [0.1, 0.15) is 6.61 Å². The second kappa shape index (κ2) is 4.93. The first-order chi connectivity index (χ1) is 9.24. The van der Waals surface area contributed by atoms with E-state index in [1.807, 2.05) is 35.0 Å². The molecule has 2 aromatic heterocycles. The van der Waals surface area contributed by atoms with Crippen LogP contribution in [0.5, 0.6) is 11.5 Å². The van der Waals surface area contributed by atoms with Gasteiger partial charge in [-0.2, -0.15) is 0 Å². The van der Waals surface area contributed by atoms with Gasteiger partial charge < -0.3 is 14.2 Å². The van der Waals surface area contributed by atoms with Crippen molar-refractivity contribution in [3.05, 3.63) is 59.0 Å². The lowest BCUT2D eigenvalue weighted by atomic mass is 10.3. The van der Waals surface area contributed by atoms with Gasteiger partial charge in [-0.25, -0.2) is 4.98 Å². The van der Waals surface area contributed by atoms with E-state index in [1.165, 1.54) is 0 Å². The number of aromatic nitrogens is 2. The standard InChI is InChI=1S/C14H11BrN2O2/c15-11-4-3-7-17-8-10(16-14(11)17)9-19-13-6-2-1-5-12(13)18/h1-8,18H,9H2. The molecule has 2 heterocycles. The van der Waals surface area contributed by atoms with Crippen molar-refractivity contribution >= 4 is 21.6 Å². The van der Waals surface area contributed by atoms with Gasteiger partial charge in [0.15, 0.2) is 17.1 Å². The highest BCUT2D eigenvalue weighted by Gasteiger charge is 2.06. The van der Waals surface area contributed by atoms with Crippen LogP contribution in [0.15, 0.2) is 53.3 Å². The number of nitrogens with zero attached hydrogens (tertiary/aromatic N) is 2. The molecule has 0 fully saturated rings. The summed E-state index contributed by atoms with van der Waals surface area (Å²) in [5, 5.41) is 9.61. The molecule has 3 aromatic rings. The number of phenolic OH excluding ortho intramolecular Hbond substituents is 1. The number of imidazole rings is 1. The molecular weight excluding hydrogens is 308 g/mol. The minimum Gasteiger partial charge on any atom is -0.504 e. The Kier molecular flexibility index (Phi) is 3.13. The van der Waals surface area contributed by atoms with Crippen molar-refractivity contribution in [1.82, 2.24) is 9.38 Å². The second-order valence-electron chi connectivity index (χ2n) is 4.08. The minimum atomic E-state index is 0.132. The van der Waals surface area contributed by atoms with Crippen LogP contribution in [0.1, 0.15) is 5.69 Å². The SMILES string of the molecule is Oc1ccccc1OCc1cn2cccc(Br)c2n1. The van der Waals surface area contributed by atoms with Crippen molar-refractivity contribution in [3.63, 3.8) is 0 Å². The summed E-state index contributed by atoms with van der Waals surface area (Å²) in [5.41, 5.74) is 1.65. The van der Waals surface area contributed by atoms with Crippen LogP contribution in [0.25, 0.3) is 5.65 Å². The fraction of sp³-hybridized carbons (Fsp3) is 0.0714. The van der Waals surface area contributed by atoms with Crippen molar-refractivity contribution in [1.29, 1.82) is 0 Å². The molecule has 0 amide bonds. The highest BCUT2D eigenvalue weighted by atomic mass is 79.9. The second-order valence-corrected chi connectivity index (χ2v) is 4.93. The zero-order chi connectivity index (χ0) is 13.2. The van der Waals surface area contributed by atoms with Crippen LogP contribution in [0.2, 0.25) is 0 Å².